The standard InChI is InChI=1S/C9H16N2O4/c1-9(2,3)15-8(13)10-6-4-5-14-11-7(6)12/h6H,4-5H2,1-3H3,(H,10,13)(H,11,12). The monoisotopic (exact) mass is 216 g/mol. The molecule has 2 amide bonds. The van der Waals surface area contributed by atoms with E-state index in [1.54, 1.807) is 20.8 Å². The highest BCUT2D eigenvalue weighted by atomic mass is 16.7. The highest BCUT2D eigenvalue weighted by Gasteiger charge is 2.26. The normalized spacial score (nSPS) is 21.8. The highest BCUT2D eigenvalue weighted by molar-refractivity contribution is 5.85. The molecule has 0 bridgehead atoms. The zero-order valence-corrected chi connectivity index (χ0v) is 9.12. The Morgan fingerprint density at radius 3 is 2.80 bits per heavy atom. The molecule has 1 rings (SSSR count). The summed E-state index contributed by atoms with van der Waals surface area (Å²) in [5.41, 5.74) is 1.63. The van der Waals surface area contributed by atoms with Crippen molar-refractivity contribution in [3.63, 3.8) is 0 Å². The van der Waals surface area contributed by atoms with Gasteiger partial charge < -0.3 is 10.1 Å². The summed E-state index contributed by atoms with van der Waals surface area (Å²) in [5.74, 6) is -0.355. The van der Waals surface area contributed by atoms with Crippen molar-refractivity contribution in [3.05, 3.63) is 0 Å². The van der Waals surface area contributed by atoms with Crippen LogP contribution in [0, 0.1) is 0 Å². The van der Waals surface area contributed by atoms with Gasteiger partial charge in [-0.3, -0.25) is 9.63 Å². The number of carbonyl (C=O) groups excluding carboxylic acids is 2. The fourth-order valence-corrected chi connectivity index (χ4v) is 1.09. The van der Waals surface area contributed by atoms with Crippen molar-refractivity contribution in [2.45, 2.75) is 38.8 Å². The number of hydrogen-bond acceptors (Lipinski definition) is 4. The molecule has 0 aromatic carbocycles. The van der Waals surface area contributed by atoms with E-state index in [0.29, 0.717) is 13.0 Å². The SMILES string of the molecule is CC(C)(C)OC(=O)NC1CCONC1=O. The van der Waals surface area contributed by atoms with Crippen LogP contribution in [0.3, 0.4) is 0 Å². The van der Waals surface area contributed by atoms with E-state index in [4.69, 9.17) is 9.57 Å². The Hall–Kier alpha value is -1.30. The molecule has 6 nitrogen and oxygen atoms in total. The molecule has 1 atom stereocenters. The topological polar surface area (TPSA) is 76.7 Å². The largest absolute Gasteiger partial charge is 0.444 e. The third kappa shape index (κ3) is 4.16. The van der Waals surface area contributed by atoms with Crippen molar-refractivity contribution in [2.75, 3.05) is 6.61 Å². The average Bonchev–Trinajstić information content (AvgIpc) is 2.05. The Kier molecular flexibility index (Phi) is 3.52. The van der Waals surface area contributed by atoms with Gasteiger partial charge in [0.05, 0.1) is 6.61 Å². The second kappa shape index (κ2) is 4.48. The van der Waals surface area contributed by atoms with Gasteiger partial charge in [-0.1, -0.05) is 0 Å². The van der Waals surface area contributed by atoms with Gasteiger partial charge in [-0.25, -0.2) is 10.3 Å². The van der Waals surface area contributed by atoms with Crippen LogP contribution in [0.25, 0.3) is 0 Å². The van der Waals surface area contributed by atoms with E-state index < -0.39 is 17.7 Å². The first-order valence-electron chi connectivity index (χ1n) is 4.79. The second-order valence-corrected chi connectivity index (χ2v) is 4.30. The van der Waals surface area contributed by atoms with E-state index in [1.807, 2.05) is 0 Å². The number of alkyl carbamates (subject to hydrolysis) is 1. The molecule has 0 aromatic rings. The van der Waals surface area contributed by atoms with Crippen molar-refractivity contribution < 1.29 is 19.2 Å². The molecular formula is C9H16N2O4. The molecule has 15 heavy (non-hydrogen) atoms. The van der Waals surface area contributed by atoms with Crippen molar-refractivity contribution in [3.8, 4) is 0 Å². The number of carbonyl (C=O) groups is 2. The molecule has 0 spiro atoms. The van der Waals surface area contributed by atoms with Gasteiger partial charge >= 0.3 is 6.09 Å². The van der Waals surface area contributed by atoms with Gasteiger partial charge in [-0.05, 0) is 20.8 Å². The Balaban J connectivity index is 2.40. The van der Waals surface area contributed by atoms with E-state index in [1.165, 1.54) is 0 Å². The molecule has 0 saturated carbocycles. The molecule has 2 N–H and O–H groups in total. The Morgan fingerprint density at radius 2 is 2.27 bits per heavy atom. The van der Waals surface area contributed by atoms with Crippen LogP contribution < -0.4 is 10.8 Å². The number of ether oxygens (including phenoxy) is 1. The van der Waals surface area contributed by atoms with E-state index in [2.05, 4.69) is 10.8 Å². The summed E-state index contributed by atoms with van der Waals surface area (Å²) in [6.45, 7) is 5.66. The van der Waals surface area contributed by atoms with Crippen LogP contribution in [0.15, 0.2) is 0 Å². The number of hydroxylamine groups is 1. The predicted octanol–water partition coefficient (Wildman–Crippen LogP) is 0.331. The summed E-state index contributed by atoms with van der Waals surface area (Å²) in [7, 11) is 0. The second-order valence-electron chi connectivity index (χ2n) is 4.30. The van der Waals surface area contributed by atoms with Crippen LogP contribution in [0.2, 0.25) is 0 Å². The van der Waals surface area contributed by atoms with Gasteiger partial charge in [0.15, 0.2) is 0 Å². The summed E-state index contributed by atoms with van der Waals surface area (Å²) < 4.78 is 5.02. The molecule has 0 radical (unpaired) electrons. The van der Waals surface area contributed by atoms with Crippen LogP contribution in [0.1, 0.15) is 27.2 Å². The minimum atomic E-state index is -0.593. The maximum absolute atomic E-state index is 11.3. The lowest BCUT2D eigenvalue weighted by Crippen LogP contribution is -2.51. The van der Waals surface area contributed by atoms with Crippen molar-refractivity contribution in [1.82, 2.24) is 10.8 Å². The van der Waals surface area contributed by atoms with Crippen molar-refractivity contribution in [2.24, 2.45) is 0 Å². The first kappa shape index (κ1) is 11.8. The quantitative estimate of drug-likeness (QED) is 0.662. The molecule has 86 valence electrons. The predicted molar refractivity (Wildman–Crippen MR) is 51.9 cm³/mol. The third-order valence-electron chi connectivity index (χ3n) is 1.69. The summed E-state index contributed by atoms with van der Waals surface area (Å²) in [5, 5.41) is 2.47. The van der Waals surface area contributed by atoms with E-state index in [0.717, 1.165) is 0 Å². The molecule has 1 saturated heterocycles. The van der Waals surface area contributed by atoms with Gasteiger partial charge in [0.1, 0.15) is 11.6 Å². The lowest BCUT2D eigenvalue weighted by molar-refractivity contribution is -0.142. The summed E-state index contributed by atoms with van der Waals surface area (Å²) >= 11 is 0. The van der Waals surface area contributed by atoms with Gasteiger partial charge in [-0.2, -0.15) is 0 Å². The zero-order valence-electron chi connectivity index (χ0n) is 9.12. The first-order valence-corrected chi connectivity index (χ1v) is 4.79. The molecule has 6 heteroatoms. The first-order chi connectivity index (χ1) is 6.88. The van der Waals surface area contributed by atoms with E-state index >= 15 is 0 Å². The fourth-order valence-electron chi connectivity index (χ4n) is 1.09. The Bertz CT molecular complexity index is 259. The minimum Gasteiger partial charge on any atom is -0.444 e. The van der Waals surface area contributed by atoms with Crippen LogP contribution in [-0.4, -0.2) is 30.3 Å². The van der Waals surface area contributed by atoms with E-state index in [-0.39, 0.29) is 5.91 Å². The number of hydrogen-bond donors (Lipinski definition) is 2. The van der Waals surface area contributed by atoms with Crippen LogP contribution >= 0.6 is 0 Å². The Labute approximate surface area is 88.3 Å². The van der Waals surface area contributed by atoms with Gasteiger partial charge in [0, 0.05) is 6.42 Å². The number of rotatable bonds is 1. The lowest BCUT2D eigenvalue weighted by atomic mass is 10.2. The fraction of sp³-hybridized carbons (Fsp3) is 0.778. The summed E-state index contributed by atoms with van der Waals surface area (Å²) in [4.78, 5) is 27.2. The molecule has 1 heterocycles. The van der Waals surface area contributed by atoms with Crippen LogP contribution in [0.4, 0.5) is 4.79 Å². The van der Waals surface area contributed by atoms with Gasteiger partial charge in [0.25, 0.3) is 5.91 Å². The smallest absolute Gasteiger partial charge is 0.408 e. The molecule has 1 unspecified atom stereocenters. The van der Waals surface area contributed by atoms with Crippen LogP contribution in [0.5, 0.6) is 0 Å². The average molecular weight is 216 g/mol. The highest BCUT2D eigenvalue weighted by Crippen LogP contribution is 2.07. The van der Waals surface area contributed by atoms with Crippen LogP contribution in [-0.2, 0) is 14.4 Å². The van der Waals surface area contributed by atoms with Gasteiger partial charge in [0.2, 0.25) is 0 Å². The van der Waals surface area contributed by atoms with E-state index in [9.17, 15) is 9.59 Å². The maximum Gasteiger partial charge on any atom is 0.408 e. The molecule has 0 aliphatic carbocycles. The molecule has 1 aliphatic heterocycles. The van der Waals surface area contributed by atoms with Gasteiger partial charge in [-0.15, -0.1) is 0 Å². The number of amides is 2. The molecule has 1 aliphatic rings. The zero-order chi connectivity index (χ0) is 11.5. The van der Waals surface area contributed by atoms with Crippen molar-refractivity contribution in [1.29, 1.82) is 0 Å². The molecule has 1 fully saturated rings. The van der Waals surface area contributed by atoms with Crippen molar-refractivity contribution >= 4 is 12.0 Å². The lowest BCUT2D eigenvalue weighted by Gasteiger charge is -2.25. The molecule has 0 aromatic heterocycles. The molecular weight excluding hydrogens is 200 g/mol. The maximum atomic E-state index is 11.3. The minimum absolute atomic E-state index is 0.355. The Morgan fingerprint density at radius 1 is 1.60 bits per heavy atom. The third-order valence-corrected chi connectivity index (χ3v) is 1.69. The summed E-state index contributed by atoms with van der Waals surface area (Å²) in [6, 6.07) is -0.575. The summed E-state index contributed by atoms with van der Waals surface area (Å²) in [6.07, 6.45) is -0.144. The number of nitrogens with one attached hydrogen (secondary N) is 2.